The molecule has 0 saturated carbocycles. The van der Waals surface area contributed by atoms with E-state index in [1.165, 1.54) is 5.56 Å². The molecule has 30 heavy (non-hydrogen) atoms. The van der Waals surface area contributed by atoms with Crippen LogP contribution in [-0.2, 0) is 16.6 Å². The van der Waals surface area contributed by atoms with Crippen LogP contribution in [0.1, 0.15) is 44.7 Å². The van der Waals surface area contributed by atoms with Crippen molar-refractivity contribution in [3.63, 3.8) is 0 Å². The van der Waals surface area contributed by atoms with Gasteiger partial charge in [-0.3, -0.25) is 0 Å². The number of carbonyl (C=O) groups is 1. The molecule has 1 heterocycles. The van der Waals surface area contributed by atoms with E-state index in [2.05, 4.69) is 47.0 Å². The molecule has 162 valence electrons. The minimum Gasteiger partial charge on any atom is -0.497 e. The summed E-state index contributed by atoms with van der Waals surface area (Å²) in [6.07, 6.45) is 2.26. The maximum Gasteiger partial charge on any atom is 0.407 e. The van der Waals surface area contributed by atoms with Crippen molar-refractivity contribution in [3.05, 3.63) is 65.7 Å². The summed E-state index contributed by atoms with van der Waals surface area (Å²) in [7, 11) is 1.67. The lowest BCUT2D eigenvalue weighted by Crippen LogP contribution is -2.56. The number of alkyl carbamates (subject to hydrolysis) is 1. The summed E-state index contributed by atoms with van der Waals surface area (Å²) in [6, 6.07) is 18.6. The third-order valence-electron chi connectivity index (χ3n) is 5.80. The van der Waals surface area contributed by atoms with Gasteiger partial charge in [-0.2, -0.15) is 0 Å². The van der Waals surface area contributed by atoms with Crippen LogP contribution < -0.4 is 15.4 Å². The predicted octanol–water partition coefficient (Wildman–Crippen LogP) is 4.45. The zero-order valence-electron chi connectivity index (χ0n) is 18.5. The number of piperidine rings is 1. The first kappa shape index (κ1) is 22.2. The third-order valence-corrected chi connectivity index (χ3v) is 5.80. The molecule has 1 amide bonds. The van der Waals surface area contributed by atoms with Gasteiger partial charge in [0, 0.05) is 11.5 Å². The molecule has 0 radical (unpaired) electrons. The highest BCUT2D eigenvalue weighted by Gasteiger charge is 2.42. The number of hydrogen-bond donors (Lipinski definition) is 2. The van der Waals surface area contributed by atoms with E-state index in [4.69, 9.17) is 9.47 Å². The third kappa shape index (κ3) is 5.54. The Morgan fingerprint density at radius 3 is 2.27 bits per heavy atom. The van der Waals surface area contributed by atoms with Crippen molar-refractivity contribution >= 4 is 6.09 Å². The summed E-state index contributed by atoms with van der Waals surface area (Å²) >= 11 is 0. The number of ether oxygens (including phenoxy) is 2. The van der Waals surface area contributed by atoms with E-state index in [0.717, 1.165) is 43.7 Å². The number of benzene rings is 2. The number of nitrogens with one attached hydrogen (secondary N) is 2. The van der Waals surface area contributed by atoms with Crippen LogP contribution in [0.5, 0.6) is 5.75 Å². The zero-order valence-corrected chi connectivity index (χ0v) is 18.5. The summed E-state index contributed by atoms with van der Waals surface area (Å²) in [5.74, 6) is 0.829. The van der Waals surface area contributed by atoms with Crippen LogP contribution in [0.15, 0.2) is 54.6 Å². The zero-order chi connectivity index (χ0) is 21.6. The van der Waals surface area contributed by atoms with Gasteiger partial charge in [0.05, 0.1) is 7.11 Å². The Labute approximate surface area is 180 Å². The molecule has 0 aromatic heterocycles. The second-order valence-corrected chi connectivity index (χ2v) is 9.02. The Morgan fingerprint density at radius 2 is 1.70 bits per heavy atom. The highest BCUT2D eigenvalue weighted by Crippen LogP contribution is 2.38. The fourth-order valence-electron chi connectivity index (χ4n) is 4.31. The Kier molecular flexibility index (Phi) is 7.03. The van der Waals surface area contributed by atoms with Crippen LogP contribution in [0.3, 0.4) is 0 Å². The average molecular weight is 411 g/mol. The lowest BCUT2D eigenvalue weighted by atomic mass is 9.66. The molecular formula is C25H34N2O3. The number of carbonyl (C=O) groups excluding carboxylic acids is 1. The fraction of sp³-hybridized carbons (Fsp3) is 0.480. The van der Waals surface area contributed by atoms with Gasteiger partial charge in [-0.1, -0.05) is 42.5 Å². The van der Waals surface area contributed by atoms with Crippen molar-refractivity contribution in [1.29, 1.82) is 0 Å². The van der Waals surface area contributed by atoms with E-state index < -0.39 is 5.60 Å². The summed E-state index contributed by atoms with van der Waals surface area (Å²) in [6.45, 7) is 7.52. The van der Waals surface area contributed by atoms with E-state index >= 15 is 0 Å². The molecule has 2 N–H and O–H groups in total. The Balaban J connectivity index is 1.95. The number of amides is 1. The summed E-state index contributed by atoms with van der Waals surface area (Å²) in [5.41, 5.74) is 1.72. The largest absolute Gasteiger partial charge is 0.497 e. The van der Waals surface area contributed by atoms with Crippen LogP contribution in [-0.4, -0.2) is 37.9 Å². The van der Waals surface area contributed by atoms with Crippen LogP contribution >= 0.6 is 0 Å². The second kappa shape index (κ2) is 9.52. The first-order valence-electron chi connectivity index (χ1n) is 10.7. The highest BCUT2D eigenvalue weighted by molar-refractivity contribution is 5.68. The first-order valence-corrected chi connectivity index (χ1v) is 10.7. The molecule has 1 aliphatic rings. The maximum absolute atomic E-state index is 12.8. The van der Waals surface area contributed by atoms with Crippen molar-refractivity contribution in [2.24, 2.45) is 0 Å². The average Bonchev–Trinajstić information content (AvgIpc) is 2.73. The molecule has 5 heteroatoms. The van der Waals surface area contributed by atoms with E-state index in [-0.39, 0.29) is 17.6 Å². The lowest BCUT2D eigenvalue weighted by Gasteiger charge is -2.45. The number of hydrogen-bond acceptors (Lipinski definition) is 4. The van der Waals surface area contributed by atoms with Gasteiger partial charge in [0.2, 0.25) is 0 Å². The van der Waals surface area contributed by atoms with Crippen molar-refractivity contribution in [1.82, 2.24) is 10.6 Å². The van der Waals surface area contributed by atoms with Crippen LogP contribution in [0, 0.1) is 0 Å². The lowest BCUT2D eigenvalue weighted by molar-refractivity contribution is 0.0462. The minimum absolute atomic E-state index is 0.0924. The Bertz CT molecular complexity index is 807. The SMILES string of the molecule is COc1ccc(CC(NC(=O)OC(C)(C)C)C2(c3ccccc3)CCNCC2)cc1. The molecule has 2 aromatic carbocycles. The van der Waals surface area contributed by atoms with Crippen LogP contribution in [0.2, 0.25) is 0 Å². The predicted molar refractivity (Wildman–Crippen MR) is 120 cm³/mol. The topological polar surface area (TPSA) is 59.6 Å². The molecule has 1 atom stereocenters. The van der Waals surface area contributed by atoms with E-state index in [0.29, 0.717) is 0 Å². The number of rotatable bonds is 6. The monoisotopic (exact) mass is 410 g/mol. The van der Waals surface area contributed by atoms with Gasteiger partial charge in [-0.05, 0) is 76.4 Å². The van der Waals surface area contributed by atoms with Gasteiger partial charge in [0.25, 0.3) is 0 Å². The van der Waals surface area contributed by atoms with Gasteiger partial charge in [-0.15, -0.1) is 0 Å². The second-order valence-electron chi connectivity index (χ2n) is 9.02. The Morgan fingerprint density at radius 1 is 1.07 bits per heavy atom. The molecule has 0 spiro atoms. The smallest absolute Gasteiger partial charge is 0.407 e. The molecule has 5 nitrogen and oxygen atoms in total. The molecule has 1 aliphatic heterocycles. The van der Waals surface area contributed by atoms with Crippen molar-refractivity contribution in [2.75, 3.05) is 20.2 Å². The minimum atomic E-state index is -0.539. The summed E-state index contributed by atoms with van der Waals surface area (Å²) in [5, 5.41) is 6.71. The maximum atomic E-state index is 12.8. The standard InChI is InChI=1S/C25H34N2O3/c1-24(2,3)30-23(28)27-22(18-19-10-12-21(29-4)13-11-19)25(14-16-26-17-15-25)20-8-6-5-7-9-20/h5-13,22,26H,14-18H2,1-4H3,(H,27,28). The summed E-state index contributed by atoms with van der Waals surface area (Å²) < 4.78 is 10.9. The Hall–Kier alpha value is -2.53. The van der Waals surface area contributed by atoms with E-state index in [1.54, 1.807) is 7.11 Å². The van der Waals surface area contributed by atoms with Crippen LogP contribution in [0.4, 0.5) is 4.79 Å². The summed E-state index contributed by atoms with van der Waals surface area (Å²) in [4.78, 5) is 12.8. The highest BCUT2D eigenvalue weighted by atomic mass is 16.6. The van der Waals surface area contributed by atoms with Gasteiger partial charge in [0.1, 0.15) is 11.4 Å². The van der Waals surface area contributed by atoms with Crippen molar-refractivity contribution in [2.45, 2.75) is 57.1 Å². The molecule has 1 fully saturated rings. The molecule has 3 rings (SSSR count). The fourth-order valence-corrected chi connectivity index (χ4v) is 4.31. The van der Waals surface area contributed by atoms with Gasteiger partial charge in [-0.25, -0.2) is 4.79 Å². The molecule has 2 aromatic rings. The van der Waals surface area contributed by atoms with Crippen molar-refractivity contribution in [3.8, 4) is 5.75 Å². The van der Waals surface area contributed by atoms with Gasteiger partial charge < -0.3 is 20.1 Å². The van der Waals surface area contributed by atoms with E-state index in [9.17, 15) is 4.79 Å². The number of methoxy groups -OCH3 is 1. The van der Waals surface area contributed by atoms with Gasteiger partial charge >= 0.3 is 6.09 Å². The molecular weight excluding hydrogens is 376 g/mol. The van der Waals surface area contributed by atoms with Crippen molar-refractivity contribution < 1.29 is 14.3 Å². The van der Waals surface area contributed by atoms with Crippen LogP contribution in [0.25, 0.3) is 0 Å². The van der Waals surface area contributed by atoms with E-state index in [1.807, 2.05) is 39.0 Å². The van der Waals surface area contributed by atoms with Gasteiger partial charge in [0.15, 0.2) is 0 Å². The normalized spacial score (nSPS) is 17.1. The molecule has 0 bridgehead atoms. The first-order chi connectivity index (χ1) is 14.3. The molecule has 1 unspecified atom stereocenters. The molecule has 1 saturated heterocycles. The molecule has 0 aliphatic carbocycles. The quantitative estimate of drug-likeness (QED) is 0.739.